The van der Waals surface area contributed by atoms with Crippen molar-refractivity contribution in [1.29, 1.82) is 0 Å². The highest BCUT2D eigenvalue weighted by Crippen LogP contribution is 2.23. The van der Waals surface area contributed by atoms with Gasteiger partial charge in [-0.05, 0) is 31.0 Å². The second-order valence-corrected chi connectivity index (χ2v) is 4.42. The summed E-state index contributed by atoms with van der Waals surface area (Å²) in [5.74, 6) is 0. The van der Waals surface area contributed by atoms with Gasteiger partial charge in [0.15, 0.2) is 0 Å². The number of benzene rings is 1. The maximum Gasteiger partial charge on any atom is 0.115 e. The number of nitrogens with zero attached hydrogens (tertiary/aromatic N) is 2. The highest BCUT2D eigenvalue weighted by molar-refractivity contribution is 5.34. The Labute approximate surface area is 108 Å². The van der Waals surface area contributed by atoms with E-state index in [9.17, 15) is 0 Å². The van der Waals surface area contributed by atoms with Crippen LogP contribution in [0.1, 0.15) is 36.1 Å². The molecule has 0 radical (unpaired) electrons. The summed E-state index contributed by atoms with van der Waals surface area (Å²) in [7, 11) is 0. The minimum absolute atomic E-state index is 0.173. The maximum absolute atomic E-state index is 4.12. The van der Waals surface area contributed by atoms with Gasteiger partial charge in [-0.3, -0.25) is 0 Å². The lowest BCUT2D eigenvalue weighted by Crippen LogP contribution is -2.24. The second kappa shape index (κ2) is 6.26. The summed E-state index contributed by atoms with van der Waals surface area (Å²) in [4.78, 5) is 8.24. The summed E-state index contributed by atoms with van der Waals surface area (Å²) in [5.41, 5.74) is 3.69. The first-order valence-corrected chi connectivity index (χ1v) is 6.36. The lowest BCUT2D eigenvalue weighted by molar-refractivity contribution is 0.593. The van der Waals surface area contributed by atoms with Crippen LogP contribution >= 0.6 is 0 Å². The molecule has 1 N–H and O–H groups in total. The van der Waals surface area contributed by atoms with E-state index in [1.54, 1.807) is 6.33 Å². The lowest BCUT2D eigenvalue weighted by Gasteiger charge is -2.20. The second-order valence-electron chi connectivity index (χ2n) is 4.42. The molecule has 0 amide bonds. The molecule has 0 spiro atoms. The molecule has 1 aromatic carbocycles. The number of nitrogens with one attached hydrogen (secondary N) is 1. The number of aromatic nitrogens is 2. The average molecular weight is 241 g/mol. The van der Waals surface area contributed by atoms with Gasteiger partial charge in [-0.25, -0.2) is 9.97 Å². The van der Waals surface area contributed by atoms with Crippen molar-refractivity contribution in [3.8, 4) is 0 Å². The molecule has 3 heteroatoms. The van der Waals surface area contributed by atoms with Gasteiger partial charge in [0.05, 0.1) is 6.04 Å². The Kier molecular flexibility index (Phi) is 4.42. The molecule has 0 saturated heterocycles. The third kappa shape index (κ3) is 2.93. The number of rotatable bonds is 5. The van der Waals surface area contributed by atoms with Crippen LogP contribution < -0.4 is 5.32 Å². The largest absolute Gasteiger partial charge is 0.306 e. The predicted octanol–water partition coefficient (Wildman–Crippen LogP) is 2.87. The first-order valence-electron chi connectivity index (χ1n) is 6.36. The quantitative estimate of drug-likeness (QED) is 0.874. The monoisotopic (exact) mass is 241 g/mol. The number of aryl methyl sites for hydroxylation is 1. The third-order valence-electron chi connectivity index (χ3n) is 3.01. The zero-order valence-corrected chi connectivity index (χ0v) is 10.9. The molecule has 0 aliphatic rings. The van der Waals surface area contributed by atoms with Gasteiger partial charge in [0.2, 0.25) is 0 Å². The van der Waals surface area contributed by atoms with Crippen LogP contribution in [0.5, 0.6) is 0 Å². The van der Waals surface area contributed by atoms with Gasteiger partial charge < -0.3 is 5.32 Å². The fourth-order valence-electron chi connectivity index (χ4n) is 2.07. The van der Waals surface area contributed by atoms with Gasteiger partial charge >= 0.3 is 0 Å². The number of hydrogen-bond donors (Lipinski definition) is 1. The Morgan fingerprint density at radius 1 is 1.17 bits per heavy atom. The van der Waals surface area contributed by atoms with Gasteiger partial charge in [0.1, 0.15) is 6.33 Å². The Hall–Kier alpha value is -1.74. The van der Waals surface area contributed by atoms with Crippen molar-refractivity contribution in [3.05, 3.63) is 59.7 Å². The van der Waals surface area contributed by atoms with Crippen molar-refractivity contribution < 1.29 is 0 Å². The van der Waals surface area contributed by atoms with E-state index < -0.39 is 0 Å². The normalized spacial score (nSPS) is 12.3. The molecular formula is C15H19N3. The zero-order valence-electron chi connectivity index (χ0n) is 10.9. The molecular weight excluding hydrogens is 222 g/mol. The summed E-state index contributed by atoms with van der Waals surface area (Å²) in [6.45, 7) is 5.29. The van der Waals surface area contributed by atoms with Crippen molar-refractivity contribution in [3.63, 3.8) is 0 Å². The Bertz CT molecular complexity index is 482. The molecule has 2 rings (SSSR count). The smallest absolute Gasteiger partial charge is 0.115 e. The van der Waals surface area contributed by atoms with Crippen LogP contribution in [0.4, 0.5) is 0 Å². The molecule has 0 fully saturated rings. The van der Waals surface area contributed by atoms with E-state index in [2.05, 4.69) is 53.4 Å². The van der Waals surface area contributed by atoms with E-state index in [1.165, 1.54) is 11.1 Å². The molecule has 1 heterocycles. The van der Waals surface area contributed by atoms with Crippen molar-refractivity contribution >= 4 is 0 Å². The minimum atomic E-state index is 0.173. The zero-order chi connectivity index (χ0) is 12.8. The van der Waals surface area contributed by atoms with Gasteiger partial charge in [-0.2, -0.15) is 0 Å². The Morgan fingerprint density at radius 2 is 1.89 bits per heavy atom. The molecule has 94 valence electrons. The highest BCUT2D eigenvalue weighted by atomic mass is 14.9. The van der Waals surface area contributed by atoms with Crippen LogP contribution in [0.2, 0.25) is 0 Å². The van der Waals surface area contributed by atoms with E-state index >= 15 is 0 Å². The summed E-state index contributed by atoms with van der Waals surface area (Å²) in [6.07, 6.45) is 6.44. The Morgan fingerprint density at radius 3 is 2.56 bits per heavy atom. The van der Waals surface area contributed by atoms with E-state index in [0.717, 1.165) is 18.5 Å². The SMILES string of the molecule is CCCNC(c1cncnc1)c1ccccc1C. The topological polar surface area (TPSA) is 37.8 Å². The third-order valence-corrected chi connectivity index (χ3v) is 3.01. The van der Waals surface area contributed by atoms with Crippen molar-refractivity contribution in [1.82, 2.24) is 15.3 Å². The molecule has 1 atom stereocenters. The van der Waals surface area contributed by atoms with Crippen LogP contribution in [0.3, 0.4) is 0 Å². The maximum atomic E-state index is 4.12. The summed E-state index contributed by atoms with van der Waals surface area (Å²) in [6, 6.07) is 8.62. The van der Waals surface area contributed by atoms with E-state index in [4.69, 9.17) is 0 Å². The molecule has 0 saturated carbocycles. The predicted molar refractivity (Wildman–Crippen MR) is 73.3 cm³/mol. The van der Waals surface area contributed by atoms with E-state index in [1.807, 2.05) is 12.4 Å². The molecule has 18 heavy (non-hydrogen) atoms. The first-order chi connectivity index (χ1) is 8.83. The molecule has 1 unspecified atom stereocenters. The fraction of sp³-hybridized carbons (Fsp3) is 0.333. The van der Waals surface area contributed by atoms with Gasteiger partial charge in [0, 0.05) is 18.0 Å². The highest BCUT2D eigenvalue weighted by Gasteiger charge is 2.15. The molecule has 1 aromatic heterocycles. The van der Waals surface area contributed by atoms with Crippen molar-refractivity contribution in [2.45, 2.75) is 26.3 Å². The lowest BCUT2D eigenvalue weighted by atomic mass is 9.97. The summed E-state index contributed by atoms with van der Waals surface area (Å²) < 4.78 is 0. The van der Waals surface area contributed by atoms with Gasteiger partial charge in [-0.1, -0.05) is 31.2 Å². The van der Waals surface area contributed by atoms with Gasteiger partial charge in [0.25, 0.3) is 0 Å². The molecule has 0 aliphatic heterocycles. The molecule has 0 bridgehead atoms. The van der Waals surface area contributed by atoms with Crippen LogP contribution in [-0.2, 0) is 0 Å². The number of hydrogen-bond acceptors (Lipinski definition) is 3. The van der Waals surface area contributed by atoms with Gasteiger partial charge in [-0.15, -0.1) is 0 Å². The molecule has 3 nitrogen and oxygen atoms in total. The summed E-state index contributed by atoms with van der Waals surface area (Å²) >= 11 is 0. The van der Waals surface area contributed by atoms with Crippen LogP contribution in [0, 0.1) is 6.92 Å². The first kappa shape index (κ1) is 12.7. The fourth-order valence-corrected chi connectivity index (χ4v) is 2.07. The van der Waals surface area contributed by atoms with Crippen molar-refractivity contribution in [2.24, 2.45) is 0 Å². The van der Waals surface area contributed by atoms with E-state index in [0.29, 0.717) is 0 Å². The molecule has 0 aliphatic carbocycles. The van der Waals surface area contributed by atoms with Crippen LogP contribution in [-0.4, -0.2) is 16.5 Å². The standard InChI is InChI=1S/C15H19N3/c1-3-8-18-15(13-9-16-11-17-10-13)14-7-5-4-6-12(14)2/h4-7,9-11,15,18H,3,8H2,1-2H3. The van der Waals surface area contributed by atoms with Crippen LogP contribution in [0.25, 0.3) is 0 Å². The molecule has 2 aromatic rings. The van der Waals surface area contributed by atoms with Crippen LogP contribution in [0.15, 0.2) is 43.0 Å². The van der Waals surface area contributed by atoms with E-state index in [-0.39, 0.29) is 6.04 Å². The average Bonchev–Trinajstić information content (AvgIpc) is 2.42. The minimum Gasteiger partial charge on any atom is -0.306 e. The summed E-state index contributed by atoms with van der Waals surface area (Å²) in [5, 5.41) is 3.56. The van der Waals surface area contributed by atoms with Crippen molar-refractivity contribution in [2.75, 3.05) is 6.54 Å². The Balaban J connectivity index is 2.34.